The lowest BCUT2D eigenvalue weighted by atomic mass is 9.88. The highest BCUT2D eigenvalue weighted by Crippen LogP contribution is 2.30. The number of rotatable bonds is 1. The Morgan fingerprint density at radius 2 is 1.88 bits per heavy atom. The van der Waals surface area contributed by atoms with Crippen LogP contribution >= 0.6 is 15.9 Å². The molecule has 0 spiro atoms. The topological polar surface area (TPSA) is 69.7 Å². The first-order chi connectivity index (χ1) is 12.5. The molecule has 0 unspecified atom stereocenters. The fourth-order valence-electron chi connectivity index (χ4n) is 4.23. The molecule has 1 atom stereocenters. The second-order valence-electron chi connectivity index (χ2n) is 7.31. The summed E-state index contributed by atoms with van der Waals surface area (Å²) in [6, 6.07) is 4.64. The summed E-state index contributed by atoms with van der Waals surface area (Å²) >= 11 is 3.38. The van der Waals surface area contributed by atoms with E-state index in [0.29, 0.717) is 24.3 Å². The van der Waals surface area contributed by atoms with E-state index in [1.165, 1.54) is 6.42 Å². The number of amides is 3. The molecule has 2 aliphatic heterocycles. The summed E-state index contributed by atoms with van der Waals surface area (Å²) in [5.74, 6) is -0.155. The van der Waals surface area contributed by atoms with Crippen LogP contribution in [-0.4, -0.2) is 53.2 Å². The van der Waals surface area contributed by atoms with Crippen LogP contribution < -0.4 is 5.32 Å². The molecule has 1 aromatic rings. The number of hydrogen-bond acceptors (Lipinski definition) is 3. The number of nitrogens with one attached hydrogen (secondary N) is 1. The van der Waals surface area contributed by atoms with Gasteiger partial charge in [0.1, 0.15) is 6.04 Å². The molecule has 1 aromatic carbocycles. The molecule has 7 heteroatoms. The van der Waals surface area contributed by atoms with Gasteiger partial charge in [0.15, 0.2) is 0 Å². The molecule has 4 rings (SSSR count). The summed E-state index contributed by atoms with van der Waals surface area (Å²) in [7, 11) is 0. The summed E-state index contributed by atoms with van der Waals surface area (Å²) in [5, 5.41) is 2.86. The SMILES string of the molecule is O=C1Nc2ccc(Br)cc2C(=O)N2CCN(C(=O)C3CCCCC3)C[C@H]12. The number of piperazine rings is 1. The van der Waals surface area contributed by atoms with Crippen molar-refractivity contribution in [1.29, 1.82) is 0 Å². The molecule has 2 heterocycles. The Kier molecular flexibility index (Phi) is 4.73. The van der Waals surface area contributed by atoms with Gasteiger partial charge in [-0.05, 0) is 31.0 Å². The lowest BCUT2D eigenvalue weighted by molar-refractivity contribution is -0.140. The van der Waals surface area contributed by atoms with Crippen molar-refractivity contribution >= 4 is 39.3 Å². The molecule has 2 fully saturated rings. The molecule has 3 aliphatic rings. The fraction of sp³-hybridized carbons (Fsp3) is 0.526. The Bertz CT molecular complexity index is 760. The van der Waals surface area contributed by atoms with Crippen LogP contribution in [0.1, 0.15) is 42.5 Å². The van der Waals surface area contributed by atoms with Gasteiger partial charge in [-0.3, -0.25) is 14.4 Å². The van der Waals surface area contributed by atoms with E-state index in [-0.39, 0.29) is 30.2 Å². The number of nitrogens with zero attached hydrogens (tertiary/aromatic N) is 2. The van der Waals surface area contributed by atoms with Gasteiger partial charge in [0.25, 0.3) is 5.91 Å². The normalized spacial score (nSPS) is 23.8. The van der Waals surface area contributed by atoms with E-state index < -0.39 is 6.04 Å². The van der Waals surface area contributed by atoms with Crippen LogP contribution in [0.4, 0.5) is 5.69 Å². The van der Waals surface area contributed by atoms with Crippen molar-refractivity contribution in [3.8, 4) is 0 Å². The van der Waals surface area contributed by atoms with Crippen molar-refractivity contribution in [1.82, 2.24) is 9.80 Å². The summed E-state index contributed by atoms with van der Waals surface area (Å²) in [6.45, 7) is 1.16. The van der Waals surface area contributed by atoms with Crippen molar-refractivity contribution in [2.24, 2.45) is 5.92 Å². The van der Waals surface area contributed by atoms with E-state index in [1.807, 2.05) is 0 Å². The zero-order valence-corrected chi connectivity index (χ0v) is 16.1. The molecular weight excluding hydrogens is 398 g/mol. The van der Waals surface area contributed by atoms with E-state index in [9.17, 15) is 14.4 Å². The average molecular weight is 420 g/mol. The van der Waals surface area contributed by atoms with Gasteiger partial charge in [-0.1, -0.05) is 35.2 Å². The largest absolute Gasteiger partial charge is 0.338 e. The van der Waals surface area contributed by atoms with Gasteiger partial charge < -0.3 is 15.1 Å². The summed E-state index contributed by atoms with van der Waals surface area (Å²) < 4.78 is 0.795. The van der Waals surface area contributed by atoms with Gasteiger partial charge in [-0.2, -0.15) is 0 Å². The first-order valence-electron chi connectivity index (χ1n) is 9.25. The van der Waals surface area contributed by atoms with E-state index >= 15 is 0 Å². The first kappa shape index (κ1) is 17.5. The highest BCUT2D eigenvalue weighted by Gasteiger charge is 2.41. The summed E-state index contributed by atoms with van der Waals surface area (Å²) in [6.07, 6.45) is 5.28. The van der Waals surface area contributed by atoms with Crippen molar-refractivity contribution in [3.63, 3.8) is 0 Å². The Morgan fingerprint density at radius 3 is 2.65 bits per heavy atom. The Labute approximate surface area is 161 Å². The molecule has 138 valence electrons. The van der Waals surface area contributed by atoms with E-state index in [2.05, 4.69) is 21.2 Å². The Hall–Kier alpha value is -1.89. The second-order valence-corrected chi connectivity index (χ2v) is 8.23. The monoisotopic (exact) mass is 419 g/mol. The van der Waals surface area contributed by atoms with E-state index in [0.717, 1.165) is 30.2 Å². The van der Waals surface area contributed by atoms with Crippen LogP contribution in [0.3, 0.4) is 0 Å². The van der Waals surface area contributed by atoms with Gasteiger partial charge in [0, 0.05) is 23.5 Å². The van der Waals surface area contributed by atoms with Gasteiger partial charge >= 0.3 is 0 Å². The third kappa shape index (κ3) is 3.13. The minimum absolute atomic E-state index is 0.0768. The Balaban J connectivity index is 1.55. The number of fused-ring (bicyclic) bond motifs is 2. The number of carbonyl (C=O) groups excluding carboxylic acids is 3. The molecule has 3 amide bonds. The molecule has 0 bridgehead atoms. The predicted molar refractivity (Wildman–Crippen MR) is 101 cm³/mol. The van der Waals surface area contributed by atoms with Gasteiger partial charge in [0.2, 0.25) is 11.8 Å². The van der Waals surface area contributed by atoms with Crippen LogP contribution in [0, 0.1) is 5.92 Å². The first-order valence-corrected chi connectivity index (χ1v) is 10.0. The maximum absolute atomic E-state index is 13.0. The smallest absolute Gasteiger partial charge is 0.256 e. The highest BCUT2D eigenvalue weighted by molar-refractivity contribution is 9.10. The maximum atomic E-state index is 13.0. The third-order valence-corrected chi connectivity index (χ3v) is 6.17. The van der Waals surface area contributed by atoms with Crippen molar-refractivity contribution in [2.45, 2.75) is 38.1 Å². The zero-order chi connectivity index (χ0) is 18.3. The predicted octanol–water partition coefficient (Wildman–Crippen LogP) is 2.63. The van der Waals surface area contributed by atoms with Crippen LogP contribution in [0.5, 0.6) is 0 Å². The molecular formula is C19H22BrN3O3. The standard InChI is InChI=1S/C19H22BrN3O3/c20-13-6-7-15-14(10-13)19(26)23-9-8-22(11-16(23)17(24)21-15)18(25)12-4-2-1-3-5-12/h6-7,10,12,16H,1-5,8-9,11H2,(H,21,24)/t16-/m1/s1. The van der Waals surface area contributed by atoms with Crippen LogP contribution in [-0.2, 0) is 9.59 Å². The summed E-state index contributed by atoms with van der Waals surface area (Å²) in [5.41, 5.74) is 1.02. The molecule has 1 aliphatic carbocycles. The fourth-order valence-corrected chi connectivity index (χ4v) is 4.59. The number of halogens is 1. The van der Waals surface area contributed by atoms with Gasteiger partial charge in [-0.25, -0.2) is 0 Å². The molecule has 6 nitrogen and oxygen atoms in total. The molecule has 1 saturated heterocycles. The van der Waals surface area contributed by atoms with Crippen molar-refractivity contribution in [3.05, 3.63) is 28.2 Å². The average Bonchev–Trinajstić information content (AvgIpc) is 2.77. The molecule has 1 saturated carbocycles. The maximum Gasteiger partial charge on any atom is 0.256 e. The number of hydrogen-bond donors (Lipinski definition) is 1. The van der Waals surface area contributed by atoms with Crippen LogP contribution in [0.15, 0.2) is 22.7 Å². The summed E-state index contributed by atoms with van der Waals surface area (Å²) in [4.78, 5) is 41.9. The van der Waals surface area contributed by atoms with Gasteiger partial charge in [0.05, 0.1) is 17.8 Å². The van der Waals surface area contributed by atoms with E-state index in [4.69, 9.17) is 0 Å². The van der Waals surface area contributed by atoms with Crippen LogP contribution in [0.25, 0.3) is 0 Å². The molecule has 26 heavy (non-hydrogen) atoms. The minimum atomic E-state index is -0.630. The van der Waals surface area contributed by atoms with Crippen molar-refractivity contribution in [2.75, 3.05) is 25.0 Å². The van der Waals surface area contributed by atoms with E-state index in [1.54, 1.807) is 28.0 Å². The Morgan fingerprint density at radius 1 is 1.12 bits per heavy atom. The van der Waals surface area contributed by atoms with Gasteiger partial charge in [-0.15, -0.1) is 0 Å². The third-order valence-electron chi connectivity index (χ3n) is 5.68. The molecule has 0 aromatic heterocycles. The number of benzene rings is 1. The second kappa shape index (κ2) is 7.02. The highest BCUT2D eigenvalue weighted by atomic mass is 79.9. The number of anilines is 1. The zero-order valence-electron chi connectivity index (χ0n) is 14.5. The molecule has 0 radical (unpaired) electrons. The lowest BCUT2D eigenvalue weighted by Crippen LogP contribution is -2.60. The number of carbonyl (C=O) groups is 3. The van der Waals surface area contributed by atoms with Crippen LogP contribution in [0.2, 0.25) is 0 Å². The minimum Gasteiger partial charge on any atom is -0.338 e. The molecule has 1 N–H and O–H groups in total. The van der Waals surface area contributed by atoms with Crippen molar-refractivity contribution < 1.29 is 14.4 Å². The quantitative estimate of drug-likeness (QED) is 0.760. The lowest BCUT2D eigenvalue weighted by Gasteiger charge is -2.40.